The normalized spacial score (nSPS) is 20.3. The molecule has 0 aromatic carbocycles. The fourth-order valence-corrected chi connectivity index (χ4v) is 6.02. The van der Waals surface area contributed by atoms with Crippen molar-refractivity contribution in [2.75, 3.05) is 51.6 Å². The van der Waals surface area contributed by atoms with Crippen LogP contribution in [0.1, 0.15) is 44.2 Å². The number of ether oxygens (including phenoxy) is 1. The number of rotatable bonds is 9. The number of fused-ring (bicyclic) bond motifs is 1. The second-order valence-corrected chi connectivity index (χ2v) is 11.6. The van der Waals surface area contributed by atoms with E-state index in [4.69, 9.17) is 9.84 Å². The quantitative estimate of drug-likeness (QED) is 0.261. The molecule has 6 rings (SSSR count). The number of alkyl halides is 3. The first-order valence-electron chi connectivity index (χ1n) is 15.1. The minimum atomic E-state index is -4.82. The minimum absolute atomic E-state index is 0.0227. The highest BCUT2D eigenvalue weighted by Gasteiger charge is 2.36. The number of likely N-dealkylation sites (N-methyl/N-ethyl adjacent to an activating group) is 1. The van der Waals surface area contributed by atoms with E-state index in [2.05, 4.69) is 37.2 Å². The summed E-state index contributed by atoms with van der Waals surface area (Å²) in [5, 5.41) is 13.9. The van der Waals surface area contributed by atoms with Gasteiger partial charge in [0.1, 0.15) is 17.6 Å². The second-order valence-electron chi connectivity index (χ2n) is 11.6. The number of nitrogens with one attached hydrogen (secondary N) is 1. The van der Waals surface area contributed by atoms with Crippen LogP contribution < -0.4 is 10.1 Å². The lowest BCUT2D eigenvalue weighted by Gasteiger charge is -2.32. The van der Waals surface area contributed by atoms with Crippen molar-refractivity contribution in [2.45, 2.75) is 57.5 Å². The van der Waals surface area contributed by atoms with Gasteiger partial charge >= 0.3 is 6.18 Å². The molecular formula is C30H37F4N9O. The zero-order valence-corrected chi connectivity index (χ0v) is 24.9. The van der Waals surface area contributed by atoms with Gasteiger partial charge in [-0.1, -0.05) is 0 Å². The third kappa shape index (κ3) is 6.50. The van der Waals surface area contributed by atoms with E-state index in [0.29, 0.717) is 31.7 Å². The summed E-state index contributed by atoms with van der Waals surface area (Å²) < 4.78 is 63.6. The van der Waals surface area contributed by atoms with Crippen LogP contribution in [0.3, 0.4) is 0 Å². The van der Waals surface area contributed by atoms with Crippen LogP contribution >= 0.6 is 0 Å². The Morgan fingerprint density at radius 3 is 2.52 bits per heavy atom. The van der Waals surface area contributed by atoms with Crippen molar-refractivity contribution >= 4 is 16.7 Å². The maximum Gasteiger partial charge on any atom is 0.419 e. The molecule has 0 bridgehead atoms. The van der Waals surface area contributed by atoms with Crippen molar-refractivity contribution in [1.82, 2.24) is 39.3 Å². The molecule has 1 saturated carbocycles. The van der Waals surface area contributed by atoms with Crippen molar-refractivity contribution < 1.29 is 22.3 Å². The van der Waals surface area contributed by atoms with Gasteiger partial charge in [-0.15, -0.1) is 0 Å². The average molecular weight is 616 g/mol. The maximum absolute atomic E-state index is 14.5. The fraction of sp³-hybridized carbons (Fsp3) is 0.533. The number of hydrogen-bond acceptors (Lipinski definition) is 8. The number of piperazine rings is 1. The molecule has 44 heavy (non-hydrogen) atoms. The van der Waals surface area contributed by atoms with Crippen LogP contribution in [0, 0.1) is 5.82 Å². The first-order chi connectivity index (χ1) is 21.2. The molecule has 0 radical (unpaired) electrons. The molecule has 4 aromatic heterocycles. The van der Waals surface area contributed by atoms with Crippen LogP contribution in [0.15, 0.2) is 36.9 Å². The largest absolute Gasteiger partial charge is 0.472 e. The van der Waals surface area contributed by atoms with Crippen LogP contribution in [-0.4, -0.2) is 91.7 Å². The molecule has 14 heteroatoms. The molecule has 1 aliphatic heterocycles. The third-order valence-electron chi connectivity index (χ3n) is 8.53. The summed E-state index contributed by atoms with van der Waals surface area (Å²) in [6, 6.07) is 2.64. The molecule has 1 saturated heterocycles. The molecule has 4 aromatic rings. The van der Waals surface area contributed by atoms with E-state index in [1.54, 1.807) is 0 Å². The number of halogens is 4. The standard InChI is InChI=1S/C30H37F4N9O/c1-3-35-26-16-25-23(18-37-26)28(20-17-38-42(19-20)15-14-41-12-10-40(2)11-13-41)39-43(25)21-4-6-22(7-5-21)44-29-27(31)24(8-9-36-29)30(32,33)34/h8-9,16-19,21-22H,3-7,10-15H2,1-2H3,(H,35,37). The molecule has 1 N–H and O–H groups in total. The maximum atomic E-state index is 14.5. The van der Waals surface area contributed by atoms with Gasteiger partial charge in [0.05, 0.1) is 29.9 Å². The molecule has 1 aliphatic carbocycles. The molecule has 5 heterocycles. The third-order valence-corrected chi connectivity index (χ3v) is 8.53. The smallest absolute Gasteiger partial charge is 0.419 e. The minimum Gasteiger partial charge on any atom is -0.472 e. The Balaban J connectivity index is 1.19. The van der Waals surface area contributed by atoms with E-state index in [9.17, 15) is 17.6 Å². The van der Waals surface area contributed by atoms with Gasteiger partial charge in [-0.3, -0.25) is 14.3 Å². The number of pyridine rings is 2. The highest BCUT2D eigenvalue weighted by Crippen LogP contribution is 2.38. The Kier molecular flexibility index (Phi) is 8.72. The van der Waals surface area contributed by atoms with Gasteiger partial charge in [-0.25, -0.2) is 14.4 Å². The highest BCUT2D eigenvalue weighted by molar-refractivity contribution is 5.93. The van der Waals surface area contributed by atoms with Crippen LogP contribution in [0.4, 0.5) is 23.4 Å². The van der Waals surface area contributed by atoms with Gasteiger partial charge in [-0.05, 0) is 45.7 Å². The SMILES string of the molecule is CCNc1cc2c(cn1)c(-c1cnn(CCN3CCN(C)CC3)c1)nn2C1CCC(Oc2nccc(C(F)(F)F)c2F)CC1. The first-order valence-corrected chi connectivity index (χ1v) is 15.1. The summed E-state index contributed by atoms with van der Waals surface area (Å²) in [4.78, 5) is 13.1. The molecule has 2 fully saturated rings. The molecule has 0 unspecified atom stereocenters. The van der Waals surface area contributed by atoms with Crippen LogP contribution in [0.5, 0.6) is 5.88 Å². The van der Waals surface area contributed by atoms with Crippen molar-refractivity contribution in [3.63, 3.8) is 0 Å². The Hall–Kier alpha value is -3.78. The van der Waals surface area contributed by atoms with Crippen molar-refractivity contribution in [2.24, 2.45) is 0 Å². The molecular weight excluding hydrogens is 578 g/mol. The van der Waals surface area contributed by atoms with E-state index in [1.807, 2.05) is 40.9 Å². The van der Waals surface area contributed by atoms with Gasteiger partial charge in [0.15, 0.2) is 5.82 Å². The first kappa shape index (κ1) is 30.3. The van der Waals surface area contributed by atoms with E-state index in [-0.39, 0.29) is 6.04 Å². The molecule has 0 atom stereocenters. The topological polar surface area (TPSA) is 89.2 Å². The summed E-state index contributed by atoms with van der Waals surface area (Å²) in [7, 11) is 2.15. The predicted octanol–water partition coefficient (Wildman–Crippen LogP) is 5.09. The van der Waals surface area contributed by atoms with Gasteiger partial charge in [-0.2, -0.15) is 23.4 Å². The summed E-state index contributed by atoms with van der Waals surface area (Å²) in [6.07, 6.45) is 3.73. The summed E-state index contributed by atoms with van der Waals surface area (Å²) in [6.45, 7) is 8.71. The number of anilines is 1. The van der Waals surface area contributed by atoms with Crippen LogP contribution in [-0.2, 0) is 12.7 Å². The summed E-state index contributed by atoms with van der Waals surface area (Å²) in [5.74, 6) is -1.34. The van der Waals surface area contributed by atoms with Gasteiger partial charge < -0.3 is 15.0 Å². The fourth-order valence-electron chi connectivity index (χ4n) is 6.02. The second kappa shape index (κ2) is 12.7. The summed E-state index contributed by atoms with van der Waals surface area (Å²) in [5.41, 5.74) is 1.27. The van der Waals surface area contributed by atoms with Crippen LogP contribution in [0.25, 0.3) is 22.2 Å². The van der Waals surface area contributed by atoms with E-state index >= 15 is 0 Å². The van der Waals surface area contributed by atoms with Crippen molar-refractivity contribution in [3.05, 3.63) is 48.3 Å². The van der Waals surface area contributed by atoms with Gasteiger partial charge in [0.25, 0.3) is 5.88 Å². The Morgan fingerprint density at radius 2 is 1.80 bits per heavy atom. The summed E-state index contributed by atoms with van der Waals surface area (Å²) >= 11 is 0. The number of hydrogen-bond donors (Lipinski definition) is 1. The Bertz CT molecular complexity index is 1570. The molecule has 0 amide bonds. The zero-order valence-electron chi connectivity index (χ0n) is 24.9. The number of nitrogens with zero attached hydrogens (tertiary/aromatic N) is 8. The Labute approximate surface area is 253 Å². The highest BCUT2D eigenvalue weighted by atomic mass is 19.4. The Morgan fingerprint density at radius 1 is 1.02 bits per heavy atom. The predicted molar refractivity (Wildman–Crippen MR) is 158 cm³/mol. The van der Waals surface area contributed by atoms with Crippen molar-refractivity contribution in [3.8, 4) is 17.1 Å². The molecule has 0 spiro atoms. The molecule has 2 aliphatic rings. The lowest BCUT2D eigenvalue weighted by molar-refractivity contribution is -0.140. The average Bonchev–Trinajstić information content (AvgIpc) is 3.63. The van der Waals surface area contributed by atoms with Crippen LogP contribution in [0.2, 0.25) is 0 Å². The van der Waals surface area contributed by atoms with Gasteiger partial charge in [0, 0.05) is 74.9 Å². The van der Waals surface area contributed by atoms with E-state index in [0.717, 1.165) is 80.0 Å². The van der Waals surface area contributed by atoms with E-state index < -0.39 is 29.5 Å². The van der Waals surface area contributed by atoms with Gasteiger partial charge in [0.2, 0.25) is 0 Å². The molecule has 236 valence electrons. The lowest BCUT2D eigenvalue weighted by Crippen LogP contribution is -2.45. The van der Waals surface area contributed by atoms with Crippen molar-refractivity contribution in [1.29, 1.82) is 0 Å². The number of aromatic nitrogens is 6. The zero-order chi connectivity index (χ0) is 30.8. The lowest BCUT2D eigenvalue weighted by atomic mass is 9.93. The monoisotopic (exact) mass is 615 g/mol. The van der Waals surface area contributed by atoms with E-state index in [1.165, 1.54) is 0 Å². The molecule has 10 nitrogen and oxygen atoms in total.